The van der Waals surface area contributed by atoms with Gasteiger partial charge in [0.05, 0.1) is 28.4 Å². The smallest absolute Gasteiger partial charge is 0.126 e. The van der Waals surface area contributed by atoms with Crippen LogP contribution in [0.2, 0.25) is 0 Å². The van der Waals surface area contributed by atoms with E-state index in [0.717, 1.165) is 46.0 Å². The summed E-state index contributed by atoms with van der Waals surface area (Å²) >= 11 is 3.84. The van der Waals surface area contributed by atoms with Crippen LogP contribution in [0.3, 0.4) is 0 Å². The predicted octanol–water partition coefficient (Wildman–Crippen LogP) is 13.3. The third-order valence-electron chi connectivity index (χ3n) is 11.0. The Kier molecular flexibility index (Phi) is 13.3. The van der Waals surface area contributed by atoms with E-state index in [9.17, 15) is 0 Å². The Morgan fingerprint density at radius 1 is 0.321 bits per heavy atom. The average molecular weight is 797 g/mol. The van der Waals surface area contributed by atoms with E-state index in [2.05, 4.69) is 132 Å². The van der Waals surface area contributed by atoms with Gasteiger partial charge >= 0.3 is 0 Å². The summed E-state index contributed by atoms with van der Waals surface area (Å²) in [7, 11) is 7.29. The number of hydrogen-bond acceptors (Lipinski definition) is 6. The SMILES string of the molecule is COc1c2cc(C(C)(C)C)cc1Cc1cc(C(C)(C)C)cc(c1OC)CSCc1cc(C(C)(C)C)cc(c1OC)Cc1cc(C(C)(C)C)cc(c1OC)CSC2. The second-order valence-corrected chi connectivity index (χ2v) is 21.6. The summed E-state index contributed by atoms with van der Waals surface area (Å²) in [5.74, 6) is 7.11. The molecule has 0 saturated heterocycles. The van der Waals surface area contributed by atoms with E-state index in [1.807, 2.05) is 52.0 Å². The standard InChI is InChI=1S/C50H68O4S2/c1-47(2,3)39-19-31-17-32-20-40(48(4,5)6)25-37(44(32)52-14)29-56-30-38-26-42(50(10,11)12)22-34(46(38)54-16)18-33-21-41(49(7,8)9)24-36(45(33)53-15)28-55-27-35(23-39)43(31)51-13/h19-26H,17-18,27-30H2,1-16H3. The molecule has 0 radical (unpaired) electrons. The summed E-state index contributed by atoms with van der Waals surface area (Å²) in [4.78, 5) is 0. The highest BCUT2D eigenvalue weighted by Gasteiger charge is 2.27. The first kappa shape index (κ1) is 43.9. The van der Waals surface area contributed by atoms with Crippen LogP contribution in [0.4, 0.5) is 0 Å². The fourth-order valence-corrected chi connectivity index (χ4v) is 9.65. The van der Waals surface area contributed by atoms with Gasteiger partial charge in [-0.2, -0.15) is 23.5 Å². The van der Waals surface area contributed by atoms with Crippen LogP contribution in [-0.4, -0.2) is 28.4 Å². The first-order valence-corrected chi connectivity index (χ1v) is 22.4. The number of rotatable bonds is 4. The zero-order chi connectivity index (χ0) is 41.4. The van der Waals surface area contributed by atoms with Crippen molar-refractivity contribution in [2.45, 2.75) is 141 Å². The molecule has 4 aromatic rings. The summed E-state index contributed by atoms with van der Waals surface area (Å²) in [6.45, 7) is 27.6. The topological polar surface area (TPSA) is 36.9 Å². The van der Waals surface area contributed by atoms with Gasteiger partial charge in [0, 0.05) is 58.1 Å². The molecule has 0 fully saturated rings. The molecule has 6 heteroatoms. The molecular weight excluding hydrogens is 729 g/mol. The van der Waals surface area contributed by atoms with Crippen LogP contribution >= 0.6 is 23.5 Å². The van der Waals surface area contributed by atoms with Crippen LogP contribution in [-0.2, 0) is 57.5 Å². The minimum absolute atomic E-state index is 0.0315. The van der Waals surface area contributed by atoms with Crippen molar-refractivity contribution < 1.29 is 18.9 Å². The van der Waals surface area contributed by atoms with Gasteiger partial charge in [-0.05, 0) is 66.2 Å². The molecule has 5 rings (SSSR count). The first-order chi connectivity index (χ1) is 26.1. The van der Waals surface area contributed by atoms with Crippen LogP contribution in [0.1, 0.15) is 150 Å². The fraction of sp³-hybridized carbons (Fsp3) is 0.520. The van der Waals surface area contributed by atoms with E-state index in [1.54, 1.807) is 0 Å². The Morgan fingerprint density at radius 2 is 0.500 bits per heavy atom. The quantitative estimate of drug-likeness (QED) is 0.205. The summed E-state index contributed by atoms with van der Waals surface area (Å²) in [5, 5.41) is 0. The molecule has 0 aliphatic carbocycles. The minimum atomic E-state index is -0.0315. The van der Waals surface area contributed by atoms with Gasteiger partial charge in [-0.1, -0.05) is 132 Å². The zero-order valence-corrected chi connectivity index (χ0v) is 38.9. The van der Waals surface area contributed by atoms with Crippen molar-refractivity contribution in [3.63, 3.8) is 0 Å². The molecule has 0 amide bonds. The molecular formula is C50H68O4S2. The Hall–Kier alpha value is -3.22. The lowest BCUT2D eigenvalue weighted by molar-refractivity contribution is 0.400. The maximum Gasteiger partial charge on any atom is 0.126 e. The van der Waals surface area contributed by atoms with Crippen molar-refractivity contribution in [3.8, 4) is 23.0 Å². The predicted molar refractivity (Wildman–Crippen MR) is 242 cm³/mol. The van der Waals surface area contributed by atoms with Gasteiger partial charge in [-0.25, -0.2) is 0 Å². The highest BCUT2D eigenvalue weighted by molar-refractivity contribution is 7.98. The van der Waals surface area contributed by atoms with Crippen molar-refractivity contribution >= 4 is 23.5 Å². The molecule has 0 unspecified atom stereocenters. The summed E-state index contributed by atoms with van der Waals surface area (Å²) < 4.78 is 25.3. The largest absolute Gasteiger partial charge is 0.496 e. The molecule has 4 aromatic carbocycles. The van der Waals surface area contributed by atoms with Gasteiger partial charge < -0.3 is 18.9 Å². The lowest BCUT2D eigenvalue weighted by Gasteiger charge is -2.27. The number of ether oxygens (including phenoxy) is 4. The number of fused-ring (bicyclic) bond motifs is 8. The normalized spacial score (nSPS) is 14.6. The second-order valence-electron chi connectivity index (χ2n) is 19.7. The van der Waals surface area contributed by atoms with Gasteiger partial charge in [-0.15, -0.1) is 0 Å². The van der Waals surface area contributed by atoms with Gasteiger partial charge in [0.25, 0.3) is 0 Å². The maximum atomic E-state index is 6.34. The zero-order valence-electron chi connectivity index (χ0n) is 37.3. The molecule has 0 spiro atoms. The Balaban J connectivity index is 1.79. The maximum absolute atomic E-state index is 6.34. The van der Waals surface area contributed by atoms with E-state index in [-0.39, 0.29) is 21.7 Å². The Labute approximate surface area is 348 Å². The fourth-order valence-electron chi connectivity index (χ4n) is 7.70. The number of hydrogen-bond donors (Lipinski definition) is 0. The van der Waals surface area contributed by atoms with Gasteiger partial charge in [0.2, 0.25) is 0 Å². The molecule has 4 nitrogen and oxygen atoms in total. The molecule has 0 aromatic heterocycles. The van der Waals surface area contributed by atoms with E-state index < -0.39 is 0 Å². The van der Waals surface area contributed by atoms with E-state index in [4.69, 9.17) is 18.9 Å². The third-order valence-corrected chi connectivity index (χ3v) is 13.1. The lowest BCUT2D eigenvalue weighted by atomic mass is 9.82. The van der Waals surface area contributed by atoms with E-state index in [0.29, 0.717) is 12.8 Å². The first-order valence-electron chi connectivity index (χ1n) is 20.1. The van der Waals surface area contributed by atoms with Crippen molar-refractivity contribution in [3.05, 3.63) is 115 Å². The summed E-state index contributed by atoms with van der Waals surface area (Å²) in [6, 6.07) is 18.9. The van der Waals surface area contributed by atoms with Crippen molar-refractivity contribution in [2.75, 3.05) is 28.4 Å². The summed E-state index contributed by atoms with van der Waals surface area (Å²) in [5.41, 5.74) is 14.8. The highest BCUT2D eigenvalue weighted by atomic mass is 32.2. The van der Waals surface area contributed by atoms with Crippen molar-refractivity contribution in [1.82, 2.24) is 0 Å². The number of thioether (sulfide) groups is 2. The Bertz CT molecular complexity index is 1740. The third kappa shape index (κ3) is 9.89. The molecule has 304 valence electrons. The van der Waals surface area contributed by atoms with Crippen LogP contribution in [0, 0.1) is 0 Å². The average Bonchev–Trinajstić information content (AvgIpc) is 3.09. The van der Waals surface area contributed by atoms with Crippen LogP contribution < -0.4 is 18.9 Å². The van der Waals surface area contributed by atoms with Crippen LogP contribution in [0.5, 0.6) is 23.0 Å². The molecule has 1 aliphatic heterocycles. The minimum Gasteiger partial charge on any atom is -0.496 e. The summed E-state index contributed by atoms with van der Waals surface area (Å²) in [6.07, 6.45) is 1.43. The van der Waals surface area contributed by atoms with E-state index >= 15 is 0 Å². The lowest BCUT2D eigenvalue weighted by Crippen LogP contribution is -2.15. The highest BCUT2D eigenvalue weighted by Crippen LogP contribution is 2.43. The van der Waals surface area contributed by atoms with Gasteiger partial charge in [0.15, 0.2) is 0 Å². The second kappa shape index (κ2) is 16.9. The Morgan fingerprint density at radius 3 is 0.661 bits per heavy atom. The molecule has 56 heavy (non-hydrogen) atoms. The molecule has 1 aliphatic rings. The molecule has 0 saturated carbocycles. The molecule has 8 bridgehead atoms. The molecule has 0 N–H and O–H groups in total. The van der Waals surface area contributed by atoms with Crippen LogP contribution in [0.15, 0.2) is 48.5 Å². The van der Waals surface area contributed by atoms with Gasteiger partial charge in [-0.3, -0.25) is 0 Å². The van der Waals surface area contributed by atoms with Crippen molar-refractivity contribution in [1.29, 1.82) is 0 Å². The van der Waals surface area contributed by atoms with Gasteiger partial charge in [0.1, 0.15) is 23.0 Å². The van der Waals surface area contributed by atoms with Crippen molar-refractivity contribution in [2.24, 2.45) is 0 Å². The number of methoxy groups -OCH3 is 4. The van der Waals surface area contributed by atoms with E-state index in [1.165, 1.54) is 66.8 Å². The number of benzene rings is 4. The van der Waals surface area contributed by atoms with Crippen LogP contribution in [0.25, 0.3) is 0 Å². The molecule has 1 heterocycles. The molecule has 0 atom stereocenters. The monoisotopic (exact) mass is 796 g/mol.